The zero-order chi connectivity index (χ0) is 19.3. The van der Waals surface area contributed by atoms with Gasteiger partial charge in [0.15, 0.2) is 6.61 Å². The van der Waals surface area contributed by atoms with Crippen molar-refractivity contribution in [3.8, 4) is 17.2 Å². The van der Waals surface area contributed by atoms with Gasteiger partial charge in [-0.3, -0.25) is 9.59 Å². The van der Waals surface area contributed by atoms with Crippen molar-refractivity contribution in [1.29, 1.82) is 0 Å². The lowest BCUT2D eigenvalue weighted by atomic mass is 10.2. The molecule has 1 heterocycles. The highest BCUT2D eigenvalue weighted by Gasteiger charge is 2.23. The van der Waals surface area contributed by atoms with Crippen LogP contribution in [-0.4, -0.2) is 34.7 Å². The number of carbonyl (C=O) groups is 2. The Labute approximate surface area is 160 Å². The number of aromatic nitrogens is 2. The highest BCUT2D eigenvalue weighted by Crippen LogP contribution is 2.21. The molecule has 8 nitrogen and oxygen atoms in total. The summed E-state index contributed by atoms with van der Waals surface area (Å²) in [4.78, 5) is 24.2. The molecule has 0 aliphatic heterocycles. The second-order valence-electron chi connectivity index (χ2n) is 6.43. The largest absolute Gasteiger partial charge is 0.484 e. The van der Waals surface area contributed by atoms with Crippen LogP contribution in [0.4, 0.5) is 5.69 Å². The van der Waals surface area contributed by atoms with Crippen molar-refractivity contribution in [2.45, 2.75) is 18.9 Å². The van der Waals surface area contributed by atoms with Crippen molar-refractivity contribution >= 4 is 17.5 Å². The molecule has 1 saturated carbocycles. The van der Waals surface area contributed by atoms with Gasteiger partial charge in [0.2, 0.25) is 12.3 Å². The lowest BCUT2D eigenvalue weighted by molar-refractivity contribution is -0.118. The third-order valence-corrected chi connectivity index (χ3v) is 4.15. The Morgan fingerprint density at radius 3 is 2.68 bits per heavy atom. The van der Waals surface area contributed by atoms with Crippen LogP contribution in [0.25, 0.3) is 11.5 Å². The maximum atomic E-state index is 12.1. The third kappa shape index (κ3) is 4.53. The van der Waals surface area contributed by atoms with Crippen LogP contribution in [0.1, 0.15) is 23.2 Å². The Hall–Kier alpha value is -3.68. The summed E-state index contributed by atoms with van der Waals surface area (Å²) < 4.78 is 10.6. The molecular weight excluding hydrogens is 360 g/mol. The van der Waals surface area contributed by atoms with E-state index in [1.807, 2.05) is 0 Å². The monoisotopic (exact) mass is 378 g/mol. The second kappa shape index (κ2) is 7.91. The van der Waals surface area contributed by atoms with Crippen LogP contribution in [-0.2, 0) is 4.79 Å². The number of carbonyl (C=O) groups excluding carboxylic acids is 2. The number of ether oxygens (including phenoxy) is 1. The lowest BCUT2D eigenvalue weighted by Gasteiger charge is -2.09. The van der Waals surface area contributed by atoms with Crippen molar-refractivity contribution in [2.24, 2.45) is 0 Å². The Kier molecular flexibility index (Phi) is 5.01. The summed E-state index contributed by atoms with van der Waals surface area (Å²) in [5.74, 6) is 0.503. The molecule has 0 radical (unpaired) electrons. The molecule has 2 amide bonds. The maximum Gasteiger partial charge on any atom is 0.262 e. The highest BCUT2D eigenvalue weighted by atomic mass is 16.5. The van der Waals surface area contributed by atoms with Gasteiger partial charge in [-0.15, -0.1) is 10.2 Å². The molecule has 8 heteroatoms. The van der Waals surface area contributed by atoms with E-state index in [0.717, 1.165) is 18.4 Å². The number of hydrogen-bond donors (Lipinski definition) is 2. The number of amides is 2. The van der Waals surface area contributed by atoms with E-state index in [1.54, 1.807) is 48.5 Å². The fourth-order valence-corrected chi connectivity index (χ4v) is 2.57. The van der Waals surface area contributed by atoms with Gasteiger partial charge in [0.05, 0.1) is 0 Å². The molecule has 4 rings (SSSR count). The molecule has 1 aliphatic rings. The summed E-state index contributed by atoms with van der Waals surface area (Å²) in [6.07, 6.45) is 3.31. The SMILES string of the molecule is O=C(COc1ccc(-c2nnco2)cc1)Nc1cccc(C(=O)NC2CC2)c1. The average Bonchev–Trinajstić information content (AvgIpc) is 3.35. The number of anilines is 1. The van der Waals surface area contributed by atoms with E-state index in [9.17, 15) is 9.59 Å². The first-order valence-electron chi connectivity index (χ1n) is 8.87. The van der Waals surface area contributed by atoms with Gasteiger partial charge < -0.3 is 19.8 Å². The summed E-state index contributed by atoms with van der Waals surface area (Å²) in [5, 5.41) is 13.1. The van der Waals surface area contributed by atoms with Crippen molar-refractivity contribution < 1.29 is 18.7 Å². The van der Waals surface area contributed by atoms with Crippen LogP contribution in [0, 0.1) is 0 Å². The normalized spacial score (nSPS) is 13.0. The number of hydrogen-bond acceptors (Lipinski definition) is 6. The van der Waals surface area contributed by atoms with Crippen molar-refractivity contribution in [3.63, 3.8) is 0 Å². The predicted octanol–water partition coefficient (Wildman–Crippen LogP) is 2.65. The number of nitrogens with zero attached hydrogens (tertiary/aromatic N) is 2. The molecule has 28 heavy (non-hydrogen) atoms. The summed E-state index contributed by atoms with van der Waals surface area (Å²) in [5.41, 5.74) is 1.82. The Morgan fingerprint density at radius 2 is 1.96 bits per heavy atom. The van der Waals surface area contributed by atoms with Gasteiger partial charge in [-0.25, -0.2) is 0 Å². The van der Waals surface area contributed by atoms with Gasteiger partial charge in [-0.1, -0.05) is 6.07 Å². The first-order valence-corrected chi connectivity index (χ1v) is 8.87. The van der Waals surface area contributed by atoms with Crippen LogP contribution < -0.4 is 15.4 Å². The first-order chi connectivity index (χ1) is 13.7. The Morgan fingerprint density at radius 1 is 1.14 bits per heavy atom. The molecule has 2 aromatic carbocycles. The van der Waals surface area contributed by atoms with E-state index in [0.29, 0.717) is 22.9 Å². The average molecular weight is 378 g/mol. The molecule has 2 N–H and O–H groups in total. The fourth-order valence-electron chi connectivity index (χ4n) is 2.57. The van der Waals surface area contributed by atoms with Gasteiger partial charge in [0.25, 0.3) is 11.8 Å². The molecule has 142 valence electrons. The number of benzene rings is 2. The van der Waals surface area contributed by atoms with Gasteiger partial charge >= 0.3 is 0 Å². The quantitative estimate of drug-likeness (QED) is 0.655. The third-order valence-electron chi connectivity index (χ3n) is 4.15. The van der Waals surface area contributed by atoms with E-state index < -0.39 is 0 Å². The zero-order valence-electron chi connectivity index (χ0n) is 14.9. The summed E-state index contributed by atoms with van der Waals surface area (Å²) in [7, 11) is 0. The van der Waals surface area contributed by atoms with E-state index >= 15 is 0 Å². The van der Waals surface area contributed by atoms with Crippen molar-refractivity contribution in [2.75, 3.05) is 11.9 Å². The van der Waals surface area contributed by atoms with Crippen molar-refractivity contribution in [1.82, 2.24) is 15.5 Å². The lowest BCUT2D eigenvalue weighted by Crippen LogP contribution is -2.25. The summed E-state index contributed by atoms with van der Waals surface area (Å²) >= 11 is 0. The Bertz CT molecular complexity index is 966. The van der Waals surface area contributed by atoms with Crippen LogP contribution in [0.15, 0.2) is 59.3 Å². The second-order valence-corrected chi connectivity index (χ2v) is 6.43. The summed E-state index contributed by atoms with van der Waals surface area (Å²) in [6, 6.07) is 14.1. The molecule has 3 aromatic rings. The van der Waals surface area contributed by atoms with Gasteiger partial charge in [0, 0.05) is 22.9 Å². The van der Waals surface area contributed by atoms with Gasteiger partial charge in [-0.2, -0.15) is 0 Å². The van der Waals surface area contributed by atoms with Crippen molar-refractivity contribution in [3.05, 3.63) is 60.5 Å². The molecule has 1 aromatic heterocycles. The summed E-state index contributed by atoms with van der Waals surface area (Å²) in [6.45, 7) is -0.154. The molecule has 1 aliphatic carbocycles. The maximum absolute atomic E-state index is 12.1. The molecule has 0 unspecified atom stereocenters. The van der Waals surface area contributed by atoms with Crippen LogP contribution in [0.3, 0.4) is 0 Å². The van der Waals surface area contributed by atoms with Crippen LogP contribution >= 0.6 is 0 Å². The topological polar surface area (TPSA) is 106 Å². The van der Waals surface area contributed by atoms with E-state index in [-0.39, 0.29) is 24.5 Å². The van der Waals surface area contributed by atoms with E-state index in [2.05, 4.69) is 20.8 Å². The Balaban J connectivity index is 1.30. The minimum atomic E-state index is -0.319. The molecular formula is C20H18N4O4. The predicted molar refractivity (Wildman–Crippen MR) is 101 cm³/mol. The molecule has 0 spiro atoms. The minimum absolute atomic E-state index is 0.129. The smallest absolute Gasteiger partial charge is 0.262 e. The van der Waals surface area contributed by atoms with Crippen LogP contribution in [0.2, 0.25) is 0 Å². The molecule has 1 fully saturated rings. The highest BCUT2D eigenvalue weighted by molar-refractivity contribution is 5.97. The van der Waals surface area contributed by atoms with E-state index in [4.69, 9.17) is 9.15 Å². The van der Waals surface area contributed by atoms with Gasteiger partial charge in [0.1, 0.15) is 5.75 Å². The van der Waals surface area contributed by atoms with Crippen LogP contribution in [0.5, 0.6) is 5.75 Å². The number of nitrogens with one attached hydrogen (secondary N) is 2. The molecule has 0 saturated heterocycles. The standard InChI is InChI=1S/C20H18N4O4/c25-18(11-27-17-8-4-13(5-9-17)20-24-21-12-28-20)22-16-3-1-2-14(10-16)19(26)23-15-6-7-15/h1-5,8-10,12,15H,6-7,11H2,(H,22,25)(H,23,26). The minimum Gasteiger partial charge on any atom is -0.484 e. The molecule has 0 bridgehead atoms. The van der Waals surface area contributed by atoms with Gasteiger partial charge in [-0.05, 0) is 55.3 Å². The van der Waals surface area contributed by atoms with E-state index in [1.165, 1.54) is 6.39 Å². The fraction of sp³-hybridized carbons (Fsp3) is 0.200. The zero-order valence-corrected chi connectivity index (χ0v) is 14.9. The molecule has 0 atom stereocenters. The first kappa shape index (κ1) is 17.7. The number of rotatable bonds is 7.